The van der Waals surface area contributed by atoms with Gasteiger partial charge in [0.25, 0.3) is 0 Å². The fourth-order valence-corrected chi connectivity index (χ4v) is 3.02. The Morgan fingerprint density at radius 3 is 2.90 bits per heavy atom. The Morgan fingerprint density at radius 1 is 1.35 bits per heavy atom. The fourth-order valence-electron chi connectivity index (χ4n) is 2.20. The third-order valence-electron chi connectivity index (χ3n) is 3.68. The molecule has 1 aromatic heterocycles. The Morgan fingerprint density at radius 2 is 2.15 bits per heavy atom. The summed E-state index contributed by atoms with van der Waals surface area (Å²) in [5.74, 6) is 0. The molecule has 0 spiro atoms. The van der Waals surface area contributed by atoms with Gasteiger partial charge in [-0.05, 0) is 30.9 Å². The van der Waals surface area contributed by atoms with E-state index in [1.165, 1.54) is 28.8 Å². The molecule has 3 rings (SSSR count). The number of nitrogens with zero attached hydrogens (tertiary/aromatic N) is 2. The molecule has 0 amide bonds. The summed E-state index contributed by atoms with van der Waals surface area (Å²) in [4.78, 5) is 8.10. The van der Waals surface area contributed by atoms with Crippen LogP contribution in [-0.2, 0) is 13.1 Å². The zero-order chi connectivity index (χ0) is 13.9. The first-order valence-electron chi connectivity index (χ1n) is 7.16. The summed E-state index contributed by atoms with van der Waals surface area (Å²) in [5.41, 5.74) is 2.70. The minimum absolute atomic E-state index is 0.755. The molecule has 106 valence electrons. The van der Waals surface area contributed by atoms with Gasteiger partial charge >= 0.3 is 0 Å². The van der Waals surface area contributed by atoms with E-state index in [1.807, 2.05) is 6.20 Å². The summed E-state index contributed by atoms with van der Waals surface area (Å²) in [7, 11) is 2.11. The molecule has 1 fully saturated rings. The molecule has 4 heteroatoms. The van der Waals surface area contributed by atoms with E-state index in [1.54, 1.807) is 11.3 Å². The molecule has 3 nitrogen and oxygen atoms in total. The van der Waals surface area contributed by atoms with Gasteiger partial charge in [-0.2, -0.15) is 0 Å². The lowest BCUT2D eigenvalue weighted by molar-refractivity contribution is 0.694. The Balaban J connectivity index is 1.61. The fraction of sp³-hybridized carbons (Fsp3) is 0.438. The van der Waals surface area contributed by atoms with Crippen LogP contribution in [0.25, 0.3) is 0 Å². The number of thiazole rings is 1. The van der Waals surface area contributed by atoms with E-state index in [9.17, 15) is 0 Å². The number of aryl methyl sites for hydroxylation is 1. The molecule has 1 aromatic carbocycles. The number of nitrogens with one attached hydrogen (secondary N) is 1. The van der Waals surface area contributed by atoms with Gasteiger partial charge in [0.2, 0.25) is 0 Å². The summed E-state index contributed by atoms with van der Waals surface area (Å²) >= 11 is 1.79. The van der Waals surface area contributed by atoms with Gasteiger partial charge in [0.1, 0.15) is 0 Å². The van der Waals surface area contributed by atoms with E-state index in [-0.39, 0.29) is 0 Å². The molecule has 0 bridgehead atoms. The van der Waals surface area contributed by atoms with Crippen LogP contribution >= 0.6 is 11.3 Å². The molecule has 0 atom stereocenters. The number of anilines is 1. The van der Waals surface area contributed by atoms with Crippen molar-refractivity contribution in [3.63, 3.8) is 0 Å². The molecule has 1 saturated carbocycles. The van der Waals surface area contributed by atoms with Crippen molar-refractivity contribution < 1.29 is 0 Å². The van der Waals surface area contributed by atoms with Gasteiger partial charge in [-0.1, -0.05) is 24.3 Å². The lowest BCUT2D eigenvalue weighted by atomic mass is 10.1. The van der Waals surface area contributed by atoms with Crippen LogP contribution in [0.1, 0.15) is 28.8 Å². The standard InChI is InChI=1S/C16H21N3S/c1-12-5-3-4-6-13(12)11-19(2)16-18-10-15(20-16)9-17-14-7-8-14/h3-6,10,14,17H,7-9,11H2,1-2H3. The van der Waals surface area contributed by atoms with Crippen molar-refractivity contribution in [2.24, 2.45) is 0 Å². The molecular formula is C16H21N3S. The Kier molecular flexibility index (Phi) is 4.03. The molecule has 1 heterocycles. The molecule has 1 N–H and O–H groups in total. The predicted octanol–water partition coefficient (Wildman–Crippen LogP) is 3.34. The van der Waals surface area contributed by atoms with Crippen LogP contribution in [0.4, 0.5) is 5.13 Å². The van der Waals surface area contributed by atoms with Crippen molar-refractivity contribution in [1.29, 1.82) is 0 Å². The highest BCUT2D eigenvalue weighted by Crippen LogP contribution is 2.25. The maximum Gasteiger partial charge on any atom is 0.185 e. The van der Waals surface area contributed by atoms with Crippen LogP contribution < -0.4 is 10.2 Å². The number of rotatable bonds is 6. The van der Waals surface area contributed by atoms with Crippen molar-refractivity contribution in [2.75, 3.05) is 11.9 Å². The van der Waals surface area contributed by atoms with Crippen LogP contribution in [0.2, 0.25) is 0 Å². The highest BCUT2D eigenvalue weighted by Gasteiger charge is 2.20. The van der Waals surface area contributed by atoms with Crippen LogP contribution in [-0.4, -0.2) is 18.1 Å². The molecule has 0 aliphatic heterocycles. The van der Waals surface area contributed by atoms with Crippen LogP contribution in [0, 0.1) is 6.92 Å². The van der Waals surface area contributed by atoms with E-state index < -0.39 is 0 Å². The first-order valence-corrected chi connectivity index (χ1v) is 7.98. The lowest BCUT2D eigenvalue weighted by Crippen LogP contribution is -2.16. The molecule has 0 unspecified atom stereocenters. The van der Waals surface area contributed by atoms with Crippen molar-refractivity contribution in [3.8, 4) is 0 Å². The van der Waals surface area contributed by atoms with Crippen LogP contribution in [0.5, 0.6) is 0 Å². The molecule has 2 aromatic rings. The normalized spacial score (nSPS) is 14.5. The predicted molar refractivity (Wildman–Crippen MR) is 85.3 cm³/mol. The highest BCUT2D eigenvalue weighted by molar-refractivity contribution is 7.15. The first kappa shape index (κ1) is 13.6. The average Bonchev–Trinajstić information content (AvgIpc) is 3.15. The molecule has 0 saturated heterocycles. The van der Waals surface area contributed by atoms with Gasteiger partial charge in [0, 0.05) is 37.3 Å². The minimum atomic E-state index is 0.755. The van der Waals surface area contributed by atoms with Gasteiger partial charge in [-0.3, -0.25) is 0 Å². The Bertz CT molecular complexity index is 575. The number of hydrogen-bond acceptors (Lipinski definition) is 4. The molecular weight excluding hydrogens is 266 g/mol. The van der Waals surface area contributed by atoms with Crippen molar-refractivity contribution in [1.82, 2.24) is 10.3 Å². The monoisotopic (exact) mass is 287 g/mol. The van der Waals surface area contributed by atoms with E-state index >= 15 is 0 Å². The third-order valence-corrected chi connectivity index (χ3v) is 4.79. The summed E-state index contributed by atoms with van der Waals surface area (Å²) in [5, 5.41) is 4.63. The molecule has 1 aliphatic carbocycles. The summed E-state index contributed by atoms with van der Waals surface area (Å²) in [6.45, 7) is 4.03. The van der Waals surface area contributed by atoms with Gasteiger partial charge in [0.15, 0.2) is 5.13 Å². The number of aromatic nitrogens is 1. The van der Waals surface area contributed by atoms with Gasteiger partial charge < -0.3 is 10.2 Å². The minimum Gasteiger partial charge on any atom is -0.347 e. The summed E-state index contributed by atoms with van der Waals surface area (Å²) in [6.07, 6.45) is 4.67. The topological polar surface area (TPSA) is 28.2 Å². The molecule has 20 heavy (non-hydrogen) atoms. The van der Waals surface area contributed by atoms with E-state index in [2.05, 4.69) is 53.4 Å². The first-order chi connectivity index (χ1) is 9.72. The second-order valence-corrected chi connectivity index (χ2v) is 6.64. The van der Waals surface area contributed by atoms with Crippen molar-refractivity contribution >= 4 is 16.5 Å². The van der Waals surface area contributed by atoms with E-state index in [0.717, 1.165) is 24.3 Å². The van der Waals surface area contributed by atoms with Crippen molar-refractivity contribution in [2.45, 2.75) is 38.9 Å². The van der Waals surface area contributed by atoms with E-state index in [4.69, 9.17) is 0 Å². The van der Waals surface area contributed by atoms with Gasteiger partial charge in [-0.15, -0.1) is 11.3 Å². The average molecular weight is 287 g/mol. The summed E-state index contributed by atoms with van der Waals surface area (Å²) in [6, 6.07) is 9.29. The largest absolute Gasteiger partial charge is 0.347 e. The van der Waals surface area contributed by atoms with Crippen LogP contribution in [0.15, 0.2) is 30.5 Å². The highest BCUT2D eigenvalue weighted by atomic mass is 32.1. The zero-order valence-corrected chi connectivity index (χ0v) is 12.9. The zero-order valence-electron chi connectivity index (χ0n) is 12.1. The lowest BCUT2D eigenvalue weighted by Gasteiger charge is -2.17. The van der Waals surface area contributed by atoms with E-state index in [0.29, 0.717) is 0 Å². The van der Waals surface area contributed by atoms with Crippen molar-refractivity contribution in [3.05, 3.63) is 46.5 Å². The molecule has 1 aliphatic rings. The number of hydrogen-bond donors (Lipinski definition) is 1. The van der Waals surface area contributed by atoms with Crippen LogP contribution in [0.3, 0.4) is 0 Å². The second-order valence-electron chi connectivity index (χ2n) is 5.55. The quantitative estimate of drug-likeness (QED) is 0.883. The second kappa shape index (κ2) is 5.94. The maximum absolute atomic E-state index is 4.54. The SMILES string of the molecule is Cc1ccccc1CN(C)c1ncc(CNC2CC2)s1. The van der Waals surface area contributed by atoms with Gasteiger partial charge in [-0.25, -0.2) is 4.98 Å². The number of benzene rings is 1. The Labute approximate surface area is 124 Å². The van der Waals surface area contributed by atoms with Gasteiger partial charge in [0.05, 0.1) is 0 Å². The molecule has 0 radical (unpaired) electrons. The smallest absolute Gasteiger partial charge is 0.185 e. The summed E-state index contributed by atoms with van der Waals surface area (Å²) < 4.78 is 0. The maximum atomic E-state index is 4.54. The Hall–Kier alpha value is -1.39. The third kappa shape index (κ3) is 3.38.